The minimum absolute atomic E-state index is 0.580. The lowest BCUT2D eigenvalue weighted by Crippen LogP contribution is -2.32. The molecule has 5 nitrogen and oxygen atoms in total. The van der Waals surface area contributed by atoms with Crippen LogP contribution in [0, 0.1) is 20.8 Å². The predicted octanol–water partition coefficient (Wildman–Crippen LogP) is 11.3. The van der Waals surface area contributed by atoms with E-state index in [2.05, 4.69) is 127 Å². The fraction of sp³-hybridized carbons (Fsp3) is 0.0833. The lowest BCUT2D eigenvalue weighted by molar-refractivity contribution is 0.436. The summed E-state index contributed by atoms with van der Waals surface area (Å²) in [5, 5.41) is 0. The number of benzene rings is 6. The van der Waals surface area contributed by atoms with Crippen molar-refractivity contribution in [1.29, 1.82) is 0 Å². The summed E-state index contributed by atoms with van der Waals surface area (Å²) in [6.07, 6.45) is 3.90. The lowest BCUT2D eigenvalue weighted by Gasteiger charge is -2.39. The molecule has 0 unspecified atom stereocenters. The molecule has 0 saturated heterocycles. The Bertz CT molecular complexity index is 2760. The van der Waals surface area contributed by atoms with Crippen molar-refractivity contribution >= 4 is 0 Å². The van der Waals surface area contributed by atoms with Crippen molar-refractivity contribution in [3.63, 3.8) is 0 Å². The average Bonchev–Trinajstić information content (AvgIpc) is 3.49. The van der Waals surface area contributed by atoms with Gasteiger partial charge >= 0.3 is 0 Å². The molecular weight excluding hydrogens is 649 g/mol. The highest BCUT2D eigenvalue weighted by Crippen LogP contribution is 2.62. The Kier molecular flexibility index (Phi) is 6.99. The van der Waals surface area contributed by atoms with Gasteiger partial charge in [-0.05, 0) is 95.1 Å². The van der Waals surface area contributed by atoms with Crippen molar-refractivity contribution in [1.82, 2.24) is 19.9 Å². The first-order valence-electron chi connectivity index (χ1n) is 18.0. The van der Waals surface area contributed by atoms with Crippen LogP contribution in [0.15, 0.2) is 152 Å². The van der Waals surface area contributed by atoms with Crippen molar-refractivity contribution < 1.29 is 4.74 Å². The van der Waals surface area contributed by atoms with Gasteiger partial charge in [0.05, 0.1) is 5.41 Å². The Hall–Kier alpha value is -6.72. The third-order valence-electron chi connectivity index (χ3n) is 11.0. The van der Waals surface area contributed by atoms with E-state index in [1.807, 2.05) is 55.7 Å². The van der Waals surface area contributed by atoms with Crippen molar-refractivity contribution in [3.8, 4) is 67.7 Å². The maximum atomic E-state index is 6.79. The molecule has 0 N–H and O–H groups in total. The zero-order chi connectivity index (χ0) is 35.7. The topological polar surface area (TPSA) is 60.8 Å². The van der Waals surface area contributed by atoms with Crippen LogP contribution in [-0.4, -0.2) is 19.9 Å². The van der Waals surface area contributed by atoms with Crippen LogP contribution in [0.5, 0.6) is 11.5 Å². The SMILES string of the molecule is Cc1nc(-c2ccccc2)nc(-c2ccc3c(c2)Oc2ccccc2[C@@]32c3ccccc3-c3cc(-c4cccc(-c5cncc(C)c5C)c4)ccc32)n1. The molecule has 8 aromatic rings. The van der Waals surface area contributed by atoms with Crippen molar-refractivity contribution in [2.75, 3.05) is 0 Å². The van der Waals surface area contributed by atoms with Gasteiger partial charge in [-0.3, -0.25) is 4.98 Å². The number of hydrogen-bond acceptors (Lipinski definition) is 5. The molecule has 53 heavy (non-hydrogen) atoms. The van der Waals surface area contributed by atoms with E-state index in [0.717, 1.165) is 39.3 Å². The Morgan fingerprint density at radius 2 is 1.08 bits per heavy atom. The molecule has 1 atom stereocenters. The molecule has 0 amide bonds. The third kappa shape index (κ3) is 4.77. The maximum Gasteiger partial charge on any atom is 0.163 e. The van der Waals surface area contributed by atoms with Crippen molar-refractivity contribution in [2.24, 2.45) is 0 Å². The third-order valence-corrected chi connectivity index (χ3v) is 11.0. The highest BCUT2D eigenvalue weighted by molar-refractivity contribution is 5.91. The van der Waals surface area contributed by atoms with Gasteiger partial charge in [0.1, 0.15) is 17.3 Å². The molecule has 10 rings (SSSR count). The number of fused-ring (bicyclic) bond motifs is 9. The van der Waals surface area contributed by atoms with Crippen LogP contribution in [0.2, 0.25) is 0 Å². The van der Waals surface area contributed by atoms with Gasteiger partial charge in [-0.15, -0.1) is 0 Å². The Morgan fingerprint density at radius 1 is 0.434 bits per heavy atom. The number of aryl methyl sites for hydroxylation is 2. The number of hydrogen-bond donors (Lipinski definition) is 0. The van der Waals surface area contributed by atoms with E-state index in [9.17, 15) is 0 Å². The fourth-order valence-electron chi connectivity index (χ4n) is 8.34. The van der Waals surface area contributed by atoms with Crippen LogP contribution in [0.1, 0.15) is 39.2 Å². The molecule has 252 valence electrons. The first kappa shape index (κ1) is 31.1. The molecule has 0 fully saturated rings. The second kappa shape index (κ2) is 11.9. The van der Waals surface area contributed by atoms with Crippen LogP contribution < -0.4 is 4.74 Å². The normalized spacial score (nSPS) is 14.9. The molecule has 2 aromatic heterocycles. The van der Waals surface area contributed by atoms with E-state index < -0.39 is 5.41 Å². The monoisotopic (exact) mass is 682 g/mol. The Morgan fingerprint density at radius 3 is 1.94 bits per heavy atom. The van der Waals surface area contributed by atoms with Gasteiger partial charge in [0, 0.05) is 40.2 Å². The summed E-state index contributed by atoms with van der Waals surface area (Å²) >= 11 is 0. The Labute approximate surface area is 308 Å². The minimum atomic E-state index is -0.580. The summed E-state index contributed by atoms with van der Waals surface area (Å²) in [5.74, 6) is 3.57. The number of rotatable bonds is 4. The zero-order valence-electron chi connectivity index (χ0n) is 29.6. The summed E-state index contributed by atoms with van der Waals surface area (Å²) in [6, 6.07) is 49.6. The summed E-state index contributed by atoms with van der Waals surface area (Å²) in [4.78, 5) is 18.9. The van der Waals surface area contributed by atoms with Crippen molar-refractivity contribution in [2.45, 2.75) is 26.2 Å². The molecule has 0 bridgehead atoms. The van der Waals surface area contributed by atoms with Crippen LogP contribution in [-0.2, 0) is 5.41 Å². The number of pyridine rings is 1. The van der Waals surface area contributed by atoms with Gasteiger partial charge in [-0.2, -0.15) is 0 Å². The lowest BCUT2D eigenvalue weighted by atomic mass is 9.66. The largest absolute Gasteiger partial charge is 0.457 e. The maximum absolute atomic E-state index is 6.79. The van der Waals surface area contributed by atoms with Gasteiger partial charge in [0.15, 0.2) is 11.6 Å². The fourth-order valence-corrected chi connectivity index (χ4v) is 8.34. The van der Waals surface area contributed by atoms with E-state index in [-0.39, 0.29) is 0 Å². The van der Waals surface area contributed by atoms with E-state index >= 15 is 0 Å². The second-order valence-electron chi connectivity index (χ2n) is 14.0. The predicted molar refractivity (Wildman–Crippen MR) is 211 cm³/mol. The summed E-state index contributed by atoms with van der Waals surface area (Å²) in [6.45, 7) is 6.20. The molecule has 1 aliphatic heterocycles. The van der Waals surface area contributed by atoms with E-state index in [0.29, 0.717) is 17.5 Å². The van der Waals surface area contributed by atoms with Gasteiger partial charge in [-0.25, -0.2) is 15.0 Å². The summed E-state index contributed by atoms with van der Waals surface area (Å²) < 4.78 is 6.79. The first-order valence-corrected chi connectivity index (χ1v) is 18.0. The molecular formula is C48H34N4O. The number of para-hydroxylation sites is 1. The molecule has 3 heterocycles. The van der Waals surface area contributed by atoms with E-state index in [1.54, 1.807) is 0 Å². The van der Waals surface area contributed by atoms with Crippen LogP contribution >= 0.6 is 0 Å². The average molecular weight is 683 g/mol. The highest BCUT2D eigenvalue weighted by atomic mass is 16.5. The first-order chi connectivity index (χ1) is 26.0. The van der Waals surface area contributed by atoms with Gasteiger partial charge in [0.2, 0.25) is 0 Å². The molecule has 0 saturated carbocycles. The second-order valence-corrected chi connectivity index (χ2v) is 14.0. The number of aromatic nitrogens is 4. The zero-order valence-corrected chi connectivity index (χ0v) is 29.6. The summed E-state index contributed by atoms with van der Waals surface area (Å²) in [7, 11) is 0. The number of nitrogens with zero attached hydrogens (tertiary/aromatic N) is 4. The molecule has 5 heteroatoms. The van der Waals surface area contributed by atoms with Crippen molar-refractivity contribution in [3.05, 3.63) is 191 Å². The van der Waals surface area contributed by atoms with Gasteiger partial charge in [-0.1, -0.05) is 115 Å². The molecule has 1 spiro atoms. The minimum Gasteiger partial charge on any atom is -0.457 e. The Balaban J connectivity index is 1.15. The molecule has 2 aliphatic rings. The van der Waals surface area contributed by atoms with Crippen LogP contribution in [0.4, 0.5) is 0 Å². The van der Waals surface area contributed by atoms with E-state index in [1.165, 1.54) is 50.1 Å². The van der Waals surface area contributed by atoms with Crippen LogP contribution in [0.25, 0.3) is 56.2 Å². The quantitative estimate of drug-likeness (QED) is 0.185. The summed E-state index contributed by atoms with van der Waals surface area (Å²) in [5.41, 5.74) is 15.5. The molecule has 0 radical (unpaired) electrons. The van der Waals surface area contributed by atoms with Crippen LogP contribution in [0.3, 0.4) is 0 Å². The van der Waals surface area contributed by atoms with Gasteiger partial charge in [0.25, 0.3) is 0 Å². The highest BCUT2D eigenvalue weighted by Gasteiger charge is 2.51. The smallest absolute Gasteiger partial charge is 0.163 e. The molecule has 1 aliphatic carbocycles. The van der Waals surface area contributed by atoms with E-state index in [4.69, 9.17) is 14.7 Å². The standard InChI is InChI=1S/C48H34N4O/c1-29-27-49-28-39(30(29)2)35-15-11-14-33(24-35)34-20-22-41-38(25-34)37-16-7-8-17-40(37)48(41)42-18-9-10-19-44(42)53-45-26-36(21-23-43(45)48)47-51-31(3)50-46(52-47)32-12-5-4-6-13-32/h4-28H,1-3H3/t48-/m0/s1. The number of ether oxygens (including phenoxy) is 1. The molecule has 6 aromatic carbocycles. The van der Waals surface area contributed by atoms with Gasteiger partial charge < -0.3 is 4.74 Å².